The smallest absolute Gasteiger partial charge is 0.735 e. The van der Waals surface area contributed by atoms with Crippen molar-refractivity contribution in [2.45, 2.75) is 153 Å². The largest absolute Gasteiger partial charge is 1.00 e. The molecule has 25 unspecified atom stereocenters. The van der Waals surface area contributed by atoms with Gasteiger partial charge in [-0.25, -0.2) is 89.9 Å². The molecular weight excluding hydrogens is 1740 g/mol. The Kier molecular flexibility index (Phi) is 54.8. The van der Waals surface area contributed by atoms with Gasteiger partial charge in [-0.15, -0.1) is 0 Å². The Bertz CT molecular complexity index is 3810. The van der Waals surface area contributed by atoms with Crippen molar-refractivity contribution in [3.63, 3.8) is 0 Å². The second-order valence-electron chi connectivity index (χ2n) is 19.0. The van der Waals surface area contributed by atoms with Crippen molar-refractivity contribution in [3.8, 4) is 0 Å². The standard InChI is InChI=1S/C31H53N3O52S9.9Na/c1-71-27-9(33-88(47,48)49)18(84-93(62,63)64)17(6(76-27)3-73-91(56,57)58)79-31-22(86-95(68,69)70)15(39)21(24(83-31)26(42)43)81-29-10(34-89(50,51)52)19(85-94(65,66)67)16(7(77-29)4-74-92(59,60)61)78-30-14(38)13(37)20(23(82-30)25(40)41)80-28-8(32-87(44,45)46)12(36)11(35)5(75-28)2-72-90(53,54)55;;;;;;;;;/h5-24,27-39H,2-4H2,1H3,(H,40,41)(H,42,43)(H,44,45,46)(H,47,48,49)(H,50,51,52)(H,53,54,55)(H,56,57,58)(H,59,60,61)(H,62,63,64)(H,65,66,67)(H,68,69,70);;;;;;;;;/q;9*+1/p-11. The predicted molar refractivity (Wildman–Crippen MR) is 250 cm³/mol. The van der Waals surface area contributed by atoms with Gasteiger partial charge in [0.15, 0.2) is 68.5 Å². The Labute approximate surface area is 787 Å². The van der Waals surface area contributed by atoms with E-state index >= 15 is 0 Å². The molecule has 0 spiro atoms. The van der Waals surface area contributed by atoms with Crippen molar-refractivity contribution < 1.29 is 501 Å². The van der Waals surface area contributed by atoms with Crippen molar-refractivity contribution >= 4 is 105 Å². The van der Waals surface area contributed by atoms with Crippen LogP contribution in [0.25, 0.3) is 0 Å². The number of carbonyl (C=O) groups is 2. The van der Waals surface area contributed by atoms with E-state index in [0.29, 0.717) is 7.11 Å². The first-order valence-corrected chi connectivity index (χ1v) is 36.2. The second kappa shape index (κ2) is 48.0. The number of carbonyl (C=O) groups excluding carboxylic acids is 2. The third-order valence-corrected chi connectivity index (χ3v) is 16.9. The summed E-state index contributed by atoms with van der Waals surface area (Å²) in [7, 11) is -55.7. The molecule has 104 heavy (non-hydrogen) atoms. The van der Waals surface area contributed by atoms with E-state index in [1.807, 2.05) is 0 Å². The van der Waals surface area contributed by atoms with Crippen molar-refractivity contribution in [3.05, 3.63) is 0 Å². The maximum absolute atomic E-state index is 12.9. The molecule has 55 nitrogen and oxygen atoms in total. The van der Waals surface area contributed by atoms with Crippen molar-refractivity contribution in [1.82, 2.24) is 14.2 Å². The van der Waals surface area contributed by atoms with Crippen LogP contribution in [0.4, 0.5) is 0 Å². The average Bonchev–Trinajstić information content (AvgIpc) is 0.761. The van der Waals surface area contributed by atoms with Gasteiger partial charge in [0.1, 0.15) is 116 Å². The van der Waals surface area contributed by atoms with Crippen LogP contribution in [0.15, 0.2) is 0 Å². The second-order valence-corrected chi connectivity index (χ2v) is 28.6. The van der Waals surface area contributed by atoms with E-state index in [-0.39, 0.29) is 266 Å². The maximum Gasteiger partial charge on any atom is 1.00 e. The van der Waals surface area contributed by atoms with Crippen LogP contribution in [-0.2, 0) is 175 Å². The molecular formula is C31H42N3Na9O52S9-2. The molecule has 5 saturated heterocycles. The minimum Gasteiger partial charge on any atom is -0.735 e. The minimum absolute atomic E-state index is 0. The van der Waals surface area contributed by atoms with Crippen LogP contribution in [0.2, 0.25) is 0 Å². The van der Waals surface area contributed by atoms with E-state index in [4.69, 9.17) is 47.4 Å². The van der Waals surface area contributed by atoms with Gasteiger partial charge < -0.3 is 134 Å². The molecule has 0 radical (unpaired) electrons. The van der Waals surface area contributed by atoms with Crippen molar-refractivity contribution in [2.24, 2.45) is 0 Å². The number of methoxy groups -OCH3 is 1. The summed E-state index contributed by atoms with van der Waals surface area (Å²) < 4.78 is 401. The van der Waals surface area contributed by atoms with E-state index in [0.717, 1.165) is 14.2 Å². The first-order valence-electron chi connectivity index (χ1n) is 24.0. The number of carboxylic acids is 2. The van der Waals surface area contributed by atoms with Crippen LogP contribution >= 0.6 is 0 Å². The van der Waals surface area contributed by atoms with Gasteiger partial charge in [0.2, 0.25) is 62.4 Å². The number of nitrogens with one attached hydrogen (secondary N) is 3. The first-order chi connectivity index (χ1) is 42.8. The summed E-state index contributed by atoms with van der Waals surface area (Å²) in [6.45, 7) is -5.74. The number of hydrogen-bond acceptors (Lipinski definition) is 52. The summed E-state index contributed by atoms with van der Waals surface area (Å²) in [5.74, 6) is -5.69. The van der Waals surface area contributed by atoms with Gasteiger partial charge in [0.25, 0.3) is 0 Å². The molecule has 8 N–H and O–H groups in total. The Morgan fingerprint density at radius 3 is 0.962 bits per heavy atom. The van der Waals surface area contributed by atoms with Crippen molar-refractivity contribution in [1.29, 1.82) is 0 Å². The third-order valence-electron chi connectivity index (χ3n) is 12.6. The predicted octanol–water partition coefficient (Wildman–Crippen LogP) is -46.6. The fourth-order valence-corrected chi connectivity index (χ4v) is 13.3. The molecule has 0 bridgehead atoms. The maximum atomic E-state index is 12.9. The van der Waals surface area contributed by atoms with Crippen LogP contribution in [0.5, 0.6) is 0 Å². The Balaban J connectivity index is -0.00000363. The molecule has 0 aromatic heterocycles. The molecule has 5 rings (SSSR count). The van der Waals surface area contributed by atoms with E-state index in [1.165, 1.54) is 0 Å². The zero-order valence-corrected chi connectivity index (χ0v) is 79.5. The normalized spacial score (nSPS) is 34.4. The molecule has 73 heteroatoms. The van der Waals surface area contributed by atoms with E-state index in [2.05, 4.69) is 25.1 Å². The van der Waals surface area contributed by atoms with Gasteiger partial charge in [-0.2, -0.15) is 0 Å². The molecule has 25 atom stereocenters. The van der Waals surface area contributed by atoms with Crippen LogP contribution < -0.4 is 290 Å². The van der Waals surface area contributed by atoms with Crippen molar-refractivity contribution in [2.75, 3.05) is 26.9 Å². The van der Waals surface area contributed by atoms with Crippen LogP contribution in [0.1, 0.15) is 0 Å². The molecule has 0 aliphatic carbocycles. The van der Waals surface area contributed by atoms with Crippen LogP contribution in [0, 0.1) is 0 Å². The fourth-order valence-electron chi connectivity index (χ4n) is 9.16. The Morgan fingerprint density at radius 1 is 0.327 bits per heavy atom. The summed E-state index contributed by atoms with van der Waals surface area (Å²) in [5.41, 5.74) is 0. The van der Waals surface area contributed by atoms with E-state index in [9.17, 15) is 162 Å². The monoisotopic (exact) mass is 1780 g/mol. The van der Waals surface area contributed by atoms with Gasteiger partial charge in [0.05, 0.1) is 31.8 Å². The summed E-state index contributed by atoms with van der Waals surface area (Å²) in [6, 6.07) is -9.08. The Hall–Kier alpha value is 6.17. The summed E-state index contributed by atoms with van der Waals surface area (Å²) in [5, 5.41) is 81.1. The van der Waals surface area contributed by atoms with Gasteiger partial charge in [-0.1, -0.05) is 0 Å². The number of rotatable bonds is 32. The number of carboxylic acid groups (broad SMARTS) is 2. The van der Waals surface area contributed by atoms with Gasteiger partial charge >= 0.3 is 266 Å². The zero-order chi connectivity index (χ0) is 72.6. The number of ether oxygens (including phenoxy) is 10. The molecule has 0 aromatic carbocycles. The molecule has 0 amide bonds. The zero-order valence-electron chi connectivity index (χ0n) is 54.2. The molecule has 5 heterocycles. The quantitative estimate of drug-likeness (QED) is 0.0176. The minimum atomic E-state index is -6.74. The summed E-state index contributed by atoms with van der Waals surface area (Å²) >= 11 is 0. The van der Waals surface area contributed by atoms with Gasteiger partial charge in [-0.3, -0.25) is 25.1 Å². The van der Waals surface area contributed by atoms with Gasteiger partial charge in [0, 0.05) is 7.11 Å². The number of aliphatic carboxylic acids is 2. The summed E-state index contributed by atoms with van der Waals surface area (Å²) in [6.07, 6.45) is -69.3. The van der Waals surface area contributed by atoms with E-state index < -0.39 is 278 Å². The van der Waals surface area contributed by atoms with Gasteiger partial charge in [-0.05, 0) is 0 Å². The molecule has 558 valence electrons. The first kappa shape index (κ1) is 119. The third kappa shape index (κ3) is 38.3. The van der Waals surface area contributed by atoms with Crippen LogP contribution in [-0.4, -0.2) is 334 Å². The number of aliphatic hydroxyl groups excluding tert-OH is 5. The molecule has 5 aliphatic rings. The Morgan fingerprint density at radius 2 is 0.615 bits per heavy atom. The topological polar surface area (TPSA) is 880 Å². The van der Waals surface area contributed by atoms with E-state index in [1.54, 1.807) is 0 Å². The molecule has 5 fully saturated rings. The number of hydrogen-bond donors (Lipinski definition) is 8. The van der Waals surface area contributed by atoms with Crippen LogP contribution in [0.3, 0.4) is 0 Å². The molecule has 0 saturated carbocycles. The fraction of sp³-hybridized carbons (Fsp3) is 0.935. The molecule has 5 aliphatic heterocycles. The average molecular weight is 1780 g/mol. The SMILES string of the molecule is COC1OC(COS(=O)(=O)[O-])C(OC2OC(C(=O)[O-])C(OC3OC(COS(=O)(=O)[O-])C(OC4OC(C(=O)[O-])C(OC5OC(COS(=O)(=O)[O-])C(O)C(O)C5NS(=O)(=O)[O-])C(O)C4O)C(OS(=O)(=O)[O-])C3NS(=O)(=O)[O-])C(O)C2OS(=O)(=O)[O-])C(OS(=O)(=O)[O-])C1NS(=O)(=O)[O-].[Na+].[Na+].[Na+].[Na+].[Na+].[Na+].[Na+].[Na+].[Na+]. The molecule has 0 aromatic rings. The summed E-state index contributed by atoms with van der Waals surface area (Å²) in [4.78, 5) is 25.6. The number of aliphatic hydroxyl groups is 5.